The zero-order chi connectivity index (χ0) is 17.0. The summed E-state index contributed by atoms with van der Waals surface area (Å²) in [5, 5.41) is 6.53. The van der Waals surface area contributed by atoms with Crippen molar-refractivity contribution in [1.82, 2.24) is 10.3 Å². The number of hydrogen-bond acceptors (Lipinski definition) is 5. The molecule has 0 saturated heterocycles. The highest BCUT2D eigenvalue weighted by atomic mass is 19.4. The second-order valence-corrected chi connectivity index (χ2v) is 5.00. The average Bonchev–Trinajstić information content (AvgIpc) is 2.47. The van der Waals surface area contributed by atoms with Crippen molar-refractivity contribution in [2.75, 3.05) is 39.2 Å². The quantitative estimate of drug-likeness (QED) is 0.803. The fraction of sp³-hybridized carbons (Fsp3) is 0.429. The number of benzene rings is 1. The van der Waals surface area contributed by atoms with Crippen molar-refractivity contribution >= 4 is 17.4 Å². The van der Waals surface area contributed by atoms with Gasteiger partial charge in [-0.1, -0.05) is 0 Å². The Morgan fingerprint density at radius 2 is 2.17 bits per heavy atom. The standard InChI is InChI=1S/C14H17F3N4O2/c1-21-8-12(22)19-20-13(21)9-3-4-11(18-5-6-23-2)10(7-9)14(15,16)17/h3-4,7,18H,5-6,8H2,1-2H3,(H,19,22). The molecule has 2 rings (SSSR count). The molecule has 0 spiro atoms. The molecule has 0 aromatic heterocycles. The molecule has 0 unspecified atom stereocenters. The van der Waals surface area contributed by atoms with E-state index in [2.05, 4.69) is 15.8 Å². The molecule has 0 aliphatic carbocycles. The molecule has 2 N–H and O–H groups in total. The van der Waals surface area contributed by atoms with Gasteiger partial charge in [0.2, 0.25) is 0 Å². The first kappa shape index (κ1) is 17.1. The van der Waals surface area contributed by atoms with Crippen LogP contribution in [0.25, 0.3) is 0 Å². The number of methoxy groups -OCH3 is 1. The monoisotopic (exact) mass is 330 g/mol. The summed E-state index contributed by atoms with van der Waals surface area (Å²) in [4.78, 5) is 12.7. The molecule has 23 heavy (non-hydrogen) atoms. The van der Waals surface area contributed by atoms with Crippen LogP contribution in [0.5, 0.6) is 0 Å². The van der Waals surface area contributed by atoms with Crippen LogP contribution in [0.3, 0.4) is 0 Å². The van der Waals surface area contributed by atoms with Crippen LogP contribution in [0, 0.1) is 0 Å². The van der Waals surface area contributed by atoms with Gasteiger partial charge in [-0.25, -0.2) is 5.43 Å². The van der Waals surface area contributed by atoms with Crippen molar-refractivity contribution in [3.8, 4) is 0 Å². The van der Waals surface area contributed by atoms with E-state index in [4.69, 9.17) is 4.74 Å². The Morgan fingerprint density at radius 1 is 1.43 bits per heavy atom. The minimum Gasteiger partial charge on any atom is -0.383 e. The van der Waals surface area contributed by atoms with Gasteiger partial charge >= 0.3 is 6.18 Å². The first-order chi connectivity index (χ1) is 10.8. The zero-order valence-corrected chi connectivity index (χ0v) is 12.7. The third kappa shape index (κ3) is 4.13. The smallest absolute Gasteiger partial charge is 0.383 e. The number of carbonyl (C=O) groups is 1. The Bertz CT molecular complexity index is 617. The maximum Gasteiger partial charge on any atom is 0.418 e. The van der Waals surface area contributed by atoms with Crippen molar-refractivity contribution in [1.29, 1.82) is 0 Å². The summed E-state index contributed by atoms with van der Waals surface area (Å²) in [7, 11) is 3.07. The molecule has 0 fully saturated rings. The number of rotatable bonds is 5. The zero-order valence-electron chi connectivity index (χ0n) is 12.7. The van der Waals surface area contributed by atoms with E-state index in [0.717, 1.165) is 6.07 Å². The number of nitrogens with zero attached hydrogens (tertiary/aromatic N) is 2. The number of alkyl halides is 3. The number of hydrogen-bond donors (Lipinski definition) is 2. The number of amidine groups is 1. The van der Waals surface area contributed by atoms with Gasteiger partial charge in [0, 0.05) is 32.0 Å². The molecule has 0 radical (unpaired) electrons. The highest BCUT2D eigenvalue weighted by molar-refractivity contribution is 6.03. The van der Waals surface area contributed by atoms with Crippen molar-refractivity contribution in [3.05, 3.63) is 29.3 Å². The first-order valence-corrected chi connectivity index (χ1v) is 6.85. The summed E-state index contributed by atoms with van der Waals surface area (Å²) in [6.07, 6.45) is -4.51. The van der Waals surface area contributed by atoms with Gasteiger partial charge < -0.3 is 15.0 Å². The van der Waals surface area contributed by atoms with E-state index in [1.54, 1.807) is 7.05 Å². The van der Waals surface area contributed by atoms with E-state index < -0.39 is 11.7 Å². The largest absolute Gasteiger partial charge is 0.418 e. The number of likely N-dealkylation sites (N-methyl/N-ethyl adjacent to an activating group) is 1. The number of anilines is 1. The molecule has 0 bridgehead atoms. The molecule has 126 valence electrons. The molecular weight excluding hydrogens is 313 g/mol. The van der Waals surface area contributed by atoms with E-state index in [-0.39, 0.29) is 36.1 Å². The lowest BCUT2D eigenvalue weighted by atomic mass is 10.1. The Hall–Kier alpha value is -2.29. The van der Waals surface area contributed by atoms with Gasteiger partial charge in [-0.3, -0.25) is 4.79 Å². The second kappa shape index (κ2) is 6.86. The Balaban J connectivity index is 2.35. The van der Waals surface area contributed by atoms with Crippen molar-refractivity contribution in [2.45, 2.75) is 6.18 Å². The van der Waals surface area contributed by atoms with Gasteiger partial charge in [0.1, 0.15) is 0 Å². The highest BCUT2D eigenvalue weighted by Crippen LogP contribution is 2.35. The van der Waals surface area contributed by atoms with Crippen molar-refractivity contribution < 1.29 is 22.7 Å². The lowest BCUT2D eigenvalue weighted by Crippen LogP contribution is -2.43. The number of ether oxygens (including phenoxy) is 1. The molecule has 1 aliphatic heterocycles. The molecule has 1 aromatic rings. The molecule has 1 heterocycles. The summed E-state index contributed by atoms with van der Waals surface area (Å²) in [5.41, 5.74) is 1.73. The molecule has 0 saturated carbocycles. The third-order valence-electron chi connectivity index (χ3n) is 3.23. The van der Waals surface area contributed by atoms with Gasteiger partial charge in [-0.15, -0.1) is 0 Å². The minimum absolute atomic E-state index is 0.0265. The average molecular weight is 330 g/mol. The van der Waals surface area contributed by atoms with E-state index >= 15 is 0 Å². The summed E-state index contributed by atoms with van der Waals surface area (Å²) in [6.45, 7) is 0.588. The Kier molecular flexibility index (Phi) is 5.09. The molecule has 9 heteroatoms. The van der Waals surface area contributed by atoms with E-state index in [9.17, 15) is 18.0 Å². The van der Waals surface area contributed by atoms with Gasteiger partial charge in [0.05, 0.1) is 18.7 Å². The fourth-order valence-electron chi connectivity index (χ4n) is 2.17. The van der Waals surface area contributed by atoms with Crippen molar-refractivity contribution in [2.24, 2.45) is 5.10 Å². The normalized spacial score (nSPS) is 15.3. The molecule has 0 atom stereocenters. The highest BCUT2D eigenvalue weighted by Gasteiger charge is 2.34. The van der Waals surface area contributed by atoms with Gasteiger partial charge in [0.25, 0.3) is 5.91 Å². The molecule has 1 aliphatic rings. The second-order valence-electron chi connectivity index (χ2n) is 5.00. The minimum atomic E-state index is -4.51. The van der Waals surface area contributed by atoms with Crippen LogP contribution in [-0.2, 0) is 15.7 Å². The topological polar surface area (TPSA) is 66.0 Å². The lowest BCUT2D eigenvalue weighted by molar-refractivity contribution is -0.137. The number of nitrogens with one attached hydrogen (secondary N) is 2. The lowest BCUT2D eigenvalue weighted by Gasteiger charge is -2.25. The van der Waals surface area contributed by atoms with E-state index in [1.165, 1.54) is 24.1 Å². The van der Waals surface area contributed by atoms with Gasteiger partial charge in [-0.05, 0) is 18.2 Å². The van der Waals surface area contributed by atoms with Crippen LogP contribution in [0.1, 0.15) is 11.1 Å². The predicted molar refractivity (Wildman–Crippen MR) is 79.1 cm³/mol. The van der Waals surface area contributed by atoms with Crippen LogP contribution in [0.2, 0.25) is 0 Å². The molecular formula is C14H17F3N4O2. The van der Waals surface area contributed by atoms with Crippen LogP contribution in [-0.4, -0.2) is 50.5 Å². The molecule has 1 aromatic carbocycles. The van der Waals surface area contributed by atoms with Gasteiger partial charge in [-0.2, -0.15) is 18.3 Å². The maximum absolute atomic E-state index is 13.3. The van der Waals surface area contributed by atoms with Crippen LogP contribution in [0.4, 0.5) is 18.9 Å². The maximum atomic E-state index is 13.3. The van der Waals surface area contributed by atoms with Crippen molar-refractivity contribution in [3.63, 3.8) is 0 Å². The van der Waals surface area contributed by atoms with Gasteiger partial charge in [0.15, 0.2) is 5.84 Å². The Labute approximate surface area is 131 Å². The number of amides is 1. The number of carbonyl (C=O) groups excluding carboxylic acids is 1. The number of hydrazone groups is 1. The van der Waals surface area contributed by atoms with Crippen LogP contribution < -0.4 is 10.7 Å². The summed E-state index contributed by atoms with van der Waals surface area (Å²) in [6, 6.07) is 3.89. The first-order valence-electron chi connectivity index (χ1n) is 6.85. The fourth-order valence-corrected chi connectivity index (χ4v) is 2.17. The van der Waals surface area contributed by atoms with Crippen LogP contribution >= 0.6 is 0 Å². The number of halogens is 3. The SMILES string of the molecule is COCCNc1ccc(C2=NNC(=O)CN2C)cc1C(F)(F)F. The third-order valence-corrected chi connectivity index (χ3v) is 3.23. The predicted octanol–water partition coefficient (Wildman–Crippen LogP) is 1.49. The van der Waals surface area contributed by atoms with E-state index in [0.29, 0.717) is 6.61 Å². The Morgan fingerprint density at radius 3 is 2.78 bits per heavy atom. The molecule has 1 amide bonds. The summed E-state index contributed by atoms with van der Waals surface area (Å²) >= 11 is 0. The summed E-state index contributed by atoms with van der Waals surface area (Å²) < 4.78 is 44.6. The molecule has 6 nitrogen and oxygen atoms in total. The van der Waals surface area contributed by atoms with E-state index in [1.807, 2.05) is 0 Å². The summed E-state index contributed by atoms with van der Waals surface area (Å²) in [5.74, 6) is -0.0383. The van der Waals surface area contributed by atoms with Crippen LogP contribution in [0.15, 0.2) is 23.3 Å².